The summed E-state index contributed by atoms with van der Waals surface area (Å²) in [6.45, 7) is 3.82. The summed E-state index contributed by atoms with van der Waals surface area (Å²) in [5, 5.41) is 0.715. The van der Waals surface area contributed by atoms with E-state index in [2.05, 4.69) is 45.2 Å². The van der Waals surface area contributed by atoms with Crippen molar-refractivity contribution in [1.29, 1.82) is 0 Å². The second kappa shape index (κ2) is 11.1. The molecule has 184 valence electrons. The van der Waals surface area contributed by atoms with Gasteiger partial charge in [0.2, 0.25) is 0 Å². The maximum atomic E-state index is 13.1. The van der Waals surface area contributed by atoms with Crippen molar-refractivity contribution >= 4 is 22.9 Å². The molecule has 7 heteroatoms. The van der Waals surface area contributed by atoms with E-state index in [1.807, 2.05) is 13.1 Å². The van der Waals surface area contributed by atoms with E-state index < -0.39 is 0 Å². The second-order valence-corrected chi connectivity index (χ2v) is 10.4. The number of carbonyl (C=O) groups excluding carboxylic acids is 1. The molecule has 5 rings (SSSR count). The van der Waals surface area contributed by atoms with Gasteiger partial charge in [0.25, 0.3) is 0 Å². The van der Waals surface area contributed by atoms with Gasteiger partial charge in [-0.25, -0.2) is 14.4 Å². The molecular weight excluding hydrogens is 471 g/mol. The summed E-state index contributed by atoms with van der Waals surface area (Å²) in [5.41, 5.74) is 3.75. The van der Waals surface area contributed by atoms with Crippen molar-refractivity contribution in [2.75, 3.05) is 18.0 Å². The number of benzene rings is 2. The predicted octanol–water partition coefficient (Wildman–Crippen LogP) is 6.32. The predicted molar refractivity (Wildman–Crippen MR) is 142 cm³/mol. The Labute approximate surface area is 215 Å². The van der Waals surface area contributed by atoms with E-state index in [-0.39, 0.29) is 11.6 Å². The van der Waals surface area contributed by atoms with Crippen LogP contribution >= 0.6 is 11.3 Å². The molecule has 0 N–H and O–H groups in total. The number of anilines is 1. The fourth-order valence-electron chi connectivity index (χ4n) is 4.69. The number of rotatable bonds is 9. The zero-order valence-corrected chi connectivity index (χ0v) is 21.2. The Hall–Kier alpha value is -3.45. The first-order valence-electron chi connectivity index (χ1n) is 12.4. The smallest absolute Gasteiger partial charge is 0.175 e. The van der Waals surface area contributed by atoms with Crippen LogP contribution < -0.4 is 4.90 Å². The fraction of sp³-hybridized carbons (Fsp3) is 0.310. The molecule has 1 atom stereocenters. The zero-order valence-electron chi connectivity index (χ0n) is 20.4. The number of ketones is 1. The van der Waals surface area contributed by atoms with Gasteiger partial charge < -0.3 is 4.90 Å². The second-order valence-electron chi connectivity index (χ2n) is 9.37. The highest BCUT2D eigenvalue weighted by Crippen LogP contribution is 2.30. The van der Waals surface area contributed by atoms with Crippen LogP contribution in [0.25, 0.3) is 10.7 Å². The topological polar surface area (TPSA) is 59.0 Å². The van der Waals surface area contributed by atoms with Gasteiger partial charge in [-0.3, -0.25) is 9.78 Å². The molecule has 5 nitrogen and oxygen atoms in total. The number of carbonyl (C=O) groups is 1. The molecule has 4 aromatic rings. The maximum absolute atomic E-state index is 13.1. The molecule has 1 saturated heterocycles. The van der Waals surface area contributed by atoms with Gasteiger partial charge in [0.15, 0.2) is 5.78 Å². The van der Waals surface area contributed by atoms with Crippen molar-refractivity contribution in [3.05, 3.63) is 94.5 Å². The standard InChI is InChI=1S/C29H29FN4OS/c1-20-28(26(35)14-11-22-9-12-24(30)13-10-22)36-29(32-20)25-17-31-18-27(33-25)34-16-15-23(19-34)8-7-21-5-3-2-4-6-21/h2-6,9-10,12-13,17-18,23H,7-8,11,14-16,19H2,1H3. The fourth-order valence-corrected chi connectivity index (χ4v) is 5.68. The number of aryl methyl sites for hydroxylation is 3. The van der Waals surface area contributed by atoms with E-state index >= 15 is 0 Å². The molecule has 1 aliphatic heterocycles. The van der Waals surface area contributed by atoms with Crippen molar-refractivity contribution in [2.45, 2.75) is 39.0 Å². The Morgan fingerprint density at radius 1 is 1.03 bits per heavy atom. The van der Waals surface area contributed by atoms with Crippen LogP contribution in [-0.4, -0.2) is 33.8 Å². The number of hydrogen-bond donors (Lipinski definition) is 0. The molecule has 2 aromatic heterocycles. The van der Waals surface area contributed by atoms with E-state index in [1.165, 1.54) is 35.5 Å². The quantitative estimate of drug-likeness (QED) is 0.252. The van der Waals surface area contributed by atoms with Crippen molar-refractivity contribution in [1.82, 2.24) is 15.0 Å². The van der Waals surface area contributed by atoms with Crippen LogP contribution in [0.15, 0.2) is 67.0 Å². The van der Waals surface area contributed by atoms with Gasteiger partial charge in [0.05, 0.1) is 23.0 Å². The van der Waals surface area contributed by atoms with Gasteiger partial charge in [0.1, 0.15) is 22.3 Å². The van der Waals surface area contributed by atoms with E-state index in [0.29, 0.717) is 40.0 Å². The van der Waals surface area contributed by atoms with Crippen LogP contribution in [-0.2, 0) is 12.8 Å². The summed E-state index contributed by atoms with van der Waals surface area (Å²) in [5.74, 6) is 1.29. The van der Waals surface area contributed by atoms with E-state index in [0.717, 1.165) is 37.3 Å². The van der Waals surface area contributed by atoms with Crippen molar-refractivity contribution in [3.8, 4) is 10.7 Å². The lowest BCUT2D eigenvalue weighted by atomic mass is 9.99. The lowest BCUT2D eigenvalue weighted by Crippen LogP contribution is -2.21. The van der Waals surface area contributed by atoms with E-state index in [1.54, 1.807) is 18.3 Å². The number of aromatic nitrogens is 3. The van der Waals surface area contributed by atoms with Crippen LogP contribution in [0.2, 0.25) is 0 Å². The minimum atomic E-state index is -0.270. The molecule has 36 heavy (non-hydrogen) atoms. The number of halogens is 1. The van der Waals surface area contributed by atoms with Crippen LogP contribution in [0.1, 0.15) is 45.8 Å². The first-order valence-corrected chi connectivity index (χ1v) is 13.2. The van der Waals surface area contributed by atoms with Gasteiger partial charge in [-0.2, -0.15) is 0 Å². The Morgan fingerprint density at radius 3 is 2.61 bits per heavy atom. The first-order chi connectivity index (χ1) is 17.5. The third-order valence-electron chi connectivity index (χ3n) is 6.74. The lowest BCUT2D eigenvalue weighted by molar-refractivity contribution is 0.0986. The number of Topliss-reactive ketones (excluding diaryl/α,β-unsaturated/α-hetero) is 1. The van der Waals surface area contributed by atoms with Crippen molar-refractivity contribution in [3.63, 3.8) is 0 Å². The van der Waals surface area contributed by atoms with Gasteiger partial charge in [-0.15, -0.1) is 11.3 Å². The molecule has 0 aliphatic carbocycles. The minimum absolute atomic E-state index is 0.0467. The van der Waals surface area contributed by atoms with Gasteiger partial charge in [-0.05, 0) is 61.8 Å². The van der Waals surface area contributed by atoms with Gasteiger partial charge in [0, 0.05) is 19.5 Å². The summed E-state index contributed by atoms with van der Waals surface area (Å²) < 4.78 is 13.1. The molecule has 1 aliphatic rings. The molecule has 0 radical (unpaired) electrons. The van der Waals surface area contributed by atoms with Crippen LogP contribution in [0.4, 0.5) is 10.2 Å². The Morgan fingerprint density at radius 2 is 1.81 bits per heavy atom. The highest BCUT2D eigenvalue weighted by molar-refractivity contribution is 7.17. The minimum Gasteiger partial charge on any atom is -0.355 e. The van der Waals surface area contributed by atoms with Crippen molar-refractivity contribution in [2.24, 2.45) is 5.92 Å². The molecule has 1 unspecified atom stereocenters. The van der Waals surface area contributed by atoms with Crippen LogP contribution in [0, 0.1) is 18.7 Å². The van der Waals surface area contributed by atoms with Crippen LogP contribution in [0.3, 0.4) is 0 Å². The summed E-state index contributed by atoms with van der Waals surface area (Å²) >= 11 is 1.37. The molecule has 3 heterocycles. The van der Waals surface area contributed by atoms with E-state index in [4.69, 9.17) is 4.98 Å². The molecular formula is C29H29FN4OS. The van der Waals surface area contributed by atoms with E-state index in [9.17, 15) is 9.18 Å². The average Bonchev–Trinajstić information content (AvgIpc) is 3.55. The summed E-state index contributed by atoms with van der Waals surface area (Å²) in [7, 11) is 0. The molecule has 2 aromatic carbocycles. The monoisotopic (exact) mass is 500 g/mol. The van der Waals surface area contributed by atoms with Crippen molar-refractivity contribution < 1.29 is 9.18 Å². The molecule has 1 fully saturated rings. The summed E-state index contributed by atoms with van der Waals surface area (Å²) in [6, 6.07) is 16.9. The van der Waals surface area contributed by atoms with Crippen LogP contribution in [0.5, 0.6) is 0 Å². The summed E-state index contributed by atoms with van der Waals surface area (Å²) in [6.07, 6.45) is 7.89. The molecule has 0 amide bonds. The molecule has 0 spiro atoms. The summed E-state index contributed by atoms with van der Waals surface area (Å²) in [4.78, 5) is 29.8. The Kier molecular flexibility index (Phi) is 7.47. The Bertz CT molecular complexity index is 1320. The third-order valence-corrected chi connectivity index (χ3v) is 7.96. The zero-order chi connectivity index (χ0) is 24.9. The SMILES string of the molecule is Cc1nc(-c2cncc(N3CCC(CCc4ccccc4)C3)n2)sc1C(=O)CCc1ccc(F)cc1. The van der Waals surface area contributed by atoms with Gasteiger partial charge >= 0.3 is 0 Å². The maximum Gasteiger partial charge on any atom is 0.175 e. The molecule has 0 saturated carbocycles. The first kappa shape index (κ1) is 24.3. The molecule has 0 bridgehead atoms. The Balaban J connectivity index is 1.22. The highest BCUT2D eigenvalue weighted by Gasteiger charge is 2.24. The average molecular weight is 501 g/mol. The van der Waals surface area contributed by atoms with Gasteiger partial charge in [-0.1, -0.05) is 42.5 Å². The third kappa shape index (κ3) is 5.85. The number of thiazole rings is 1. The normalized spacial score (nSPS) is 15.4. The lowest BCUT2D eigenvalue weighted by Gasteiger charge is -2.17. The highest BCUT2D eigenvalue weighted by atomic mass is 32.1. The number of hydrogen-bond acceptors (Lipinski definition) is 6. The number of nitrogens with zero attached hydrogens (tertiary/aromatic N) is 4. The largest absolute Gasteiger partial charge is 0.355 e.